The Balaban J connectivity index is 1.63. The Morgan fingerprint density at radius 1 is 1.13 bits per heavy atom. The zero-order valence-corrected chi connectivity index (χ0v) is 13.7. The van der Waals surface area contributed by atoms with E-state index in [1.54, 1.807) is 0 Å². The van der Waals surface area contributed by atoms with Crippen molar-refractivity contribution in [2.24, 2.45) is 0 Å². The molecule has 2 aliphatic rings. The average molecular weight is 325 g/mol. The number of carbonyl (C=O) groups excluding carboxylic acids is 1. The lowest BCUT2D eigenvalue weighted by Gasteiger charge is -2.35. The fourth-order valence-corrected chi connectivity index (χ4v) is 4.44. The highest BCUT2D eigenvalue weighted by Gasteiger charge is 2.30. The highest BCUT2D eigenvalue weighted by atomic mass is 32.2. The fraction of sp³-hybridized carbons (Fsp3) is 0.316. The maximum absolute atomic E-state index is 12.5. The summed E-state index contributed by atoms with van der Waals surface area (Å²) in [6, 6.07) is 16.6. The number of nitrogens with zero attached hydrogens (tertiary/aromatic N) is 1. The zero-order chi connectivity index (χ0) is 15.6. The topological polar surface area (TPSA) is 29.5 Å². The second-order valence-electron chi connectivity index (χ2n) is 5.95. The fourth-order valence-electron chi connectivity index (χ4n) is 3.21. The van der Waals surface area contributed by atoms with E-state index in [4.69, 9.17) is 4.74 Å². The summed E-state index contributed by atoms with van der Waals surface area (Å²) in [6.07, 6.45) is 1.59. The van der Waals surface area contributed by atoms with Gasteiger partial charge in [-0.15, -0.1) is 11.8 Å². The summed E-state index contributed by atoms with van der Waals surface area (Å²) in [5, 5.41) is 0.0994. The number of hydrogen-bond donors (Lipinski definition) is 0. The standard InChI is InChI=1S/C19H19NO2S/c21-18-9-11-23-19(20(18)13-14-4-2-1-3-5-14)16-6-7-17-15(12-16)8-10-22-17/h1-7,12,19H,8-11,13H2. The number of hydrogen-bond acceptors (Lipinski definition) is 3. The second kappa shape index (κ2) is 6.28. The molecule has 0 N–H and O–H groups in total. The summed E-state index contributed by atoms with van der Waals surface area (Å²) in [5.41, 5.74) is 3.65. The predicted octanol–water partition coefficient (Wildman–Crippen LogP) is 3.79. The van der Waals surface area contributed by atoms with Crippen LogP contribution >= 0.6 is 11.8 Å². The van der Waals surface area contributed by atoms with E-state index in [0.717, 1.165) is 24.5 Å². The largest absolute Gasteiger partial charge is 0.493 e. The van der Waals surface area contributed by atoms with Crippen LogP contribution in [0.4, 0.5) is 0 Å². The van der Waals surface area contributed by atoms with Crippen LogP contribution in [0.5, 0.6) is 5.75 Å². The van der Waals surface area contributed by atoms with E-state index >= 15 is 0 Å². The van der Waals surface area contributed by atoms with Crippen LogP contribution in [0, 0.1) is 0 Å². The monoisotopic (exact) mass is 325 g/mol. The third-order valence-corrected chi connectivity index (χ3v) is 5.67. The number of ether oxygens (including phenoxy) is 1. The molecule has 4 rings (SSSR count). The second-order valence-corrected chi connectivity index (χ2v) is 7.13. The van der Waals surface area contributed by atoms with Gasteiger partial charge in [-0.25, -0.2) is 0 Å². The minimum absolute atomic E-state index is 0.0994. The third kappa shape index (κ3) is 2.95. The predicted molar refractivity (Wildman–Crippen MR) is 92.4 cm³/mol. The van der Waals surface area contributed by atoms with Gasteiger partial charge in [-0.2, -0.15) is 0 Å². The first kappa shape index (κ1) is 14.6. The molecule has 1 atom stereocenters. The van der Waals surface area contributed by atoms with Crippen LogP contribution < -0.4 is 4.74 Å². The van der Waals surface area contributed by atoms with Crippen molar-refractivity contribution in [1.29, 1.82) is 0 Å². The van der Waals surface area contributed by atoms with Crippen molar-refractivity contribution in [3.8, 4) is 5.75 Å². The van der Waals surface area contributed by atoms with E-state index in [1.807, 2.05) is 34.9 Å². The van der Waals surface area contributed by atoms with Crippen molar-refractivity contribution in [3.63, 3.8) is 0 Å². The number of thioether (sulfide) groups is 1. The summed E-state index contributed by atoms with van der Waals surface area (Å²) < 4.78 is 5.60. The molecule has 2 heterocycles. The van der Waals surface area contributed by atoms with Crippen LogP contribution in [0.3, 0.4) is 0 Å². The SMILES string of the molecule is O=C1CCSC(c2ccc3c(c2)CCO3)N1Cc1ccccc1. The first-order chi connectivity index (χ1) is 11.3. The van der Waals surface area contributed by atoms with E-state index in [9.17, 15) is 4.79 Å². The summed E-state index contributed by atoms with van der Waals surface area (Å²) >= 11 is 1.86. The van der Waals surface area contributed by atoms with Gasteiger partial charge in [-0.1, -0.05) is 36.4 Å². The molecule has 0 radical (unpaired) electrons. The van der Waals surface area contributed by atoms with Crippen molar-refractivity contribution in [2.45, 2.75) is 24.8 Å². The Kier molecular flexibility index (Phi) is 4.00. The van der Waals surface area contributed by atoms with Gasteiger partial charge in [0.2, 0.25) is 5.91 Å². The lowest BCUT2D eigenvalue weighted by Crippen LogP contribution is -2.36. The molecule has 23 heavy (non-hydrogen) atoms. The summed E-state index contributed by atoms with van der Waals surface area (Å²) in [4.78, 5) is 14.5. The maximum atomic E-state index is 12.5. The van der Waals surface area contributed by atoms with Gasteiger partial charge < -0.3 is 9.64 Å². The quantitative estimate of drug-likeness (QED) is 0.860. The third-order valence-electron chi connectivity index (χ3n) is 4.39. The zero-order valence-electron chi connectivity index (χ0n) is 12.9. The number of carbonyl (C=O) groups is 1. The molecule has 0 bridgehead atoms. The molecule has 1 saturated heterocycles. The number of amides is 1. The van der Waals surface area contributed by atoms with Crippen LogP contribution in [0.2, 0.25) is 0 Å². The molecule has 1 fully saturated rings. The first-order valence-corrected chi connectivity index (χ1v) is 9.07. The highest BCUT2D eigenvalue weighted by Crippen LogP contribution is 2.40. The van der Waals surface area contributed by atoms with Gasteiger partial charge in [0, 0.05) is 25.1 Å². The first-order valence-electron chi connectivity index (χ1n) is 8.02. The minimum Gasteiger partial charge on any atom is -0.493 e. The molecule has 4 heteroatoms. The van der Waals surface area contributed by atoms with Crippen molar-refractivity contribution < 1.29 is 9.53 Å². The Morgan fingerprint density at radius 2 is 2.00 bits per heavy atom. The van der Waals surface area contributed by atoms with Gasteiger partial charge in [-0.05, 0) is 28.8 Å². The van der Waals surface area contributed by atoms with Gasteiger partial charge in [0.15, 0.2) is 0 Å². The molecule has 2 aromatic carbocycles. The highest BCUT2D eigenvalue weighted by molar-refractivity contribution is 7.99. The summed E-state index contributed by atoms with van der Waals surface area (Å²) in [6.45, 7) is 1.44. The van der Waals surface area contributed by atoms with Crippen molar-refractivity contribution in [3.05, 3.63) is 65.2 Å². The van der Waals surface area contributed by atoms with E-state index in [2.05, 4.69) is 30.3 Å². The Hall–Kier alpha value is -1.94. The molecule has 0 saturated carbocycles. The molecular weight excluding hydrogens is 306 g/mol. The average Bonchev–Trinajstić information content (AvgIpc) is 3.05. The lowest BCUT2D eigenvalue weighted by atomic mass is 10.1. The number of fused-ring (bicyclic) bond motifs is 1. The summed E-state index contributed by atoms with van der Waals surface area (Å²) in [7, 11) is 0. The molecule has 0 aliphatic carbocycles. The Labute approximate surface area is 140 Å². The number of rotatable bonds is 3. The molecule has 0 aromatic heterocycles. The van der Waals surface area contributed by atoms with Gasteiger partial charge in [0.25, 0.3) is 0 Å². The van der Waals surface area contributed by atoms with Crippen molar-refractivity contribution >= 4 is 17.7 Å². The van der Waals surface area contributed by atoms with Crippen LogP contribution in [0.15, 0.2) is 48.5 Å². The normalized spacial score (nSPS) is 20.3. The summed E-state index contributed by atoms with van der Waals surface area (Å²) in [5.74, 6) is 2.13. The van der Waals surface area contributed by atoms with Gasteiger partial charge in [0.1, 0.15) is 11.1 Å². The molecule has 1 amide bonds. The number of benzene rings is 2. The molecular formula is C19H19NO2S. The van der Waals surface area contributed by atoms with Crippen LogP contribution in [0.25, 0.3) is 0 Å². The minimum atomic E-state index is 0.0994. The van der Waals surface area contributed by atoms with Crippen molar-refractivity contribution in [2.75, 3.05) is 12.4 Å². The van der Waals surface area contributed by atoms with Crippen LogP contribution in [-0.4, -0.2) is 23.2 Å². The van der Waals surface area contributed by atoms with Crippen LogP contribution in [0.1, 0.15) is 28.5 Å². The Morgan fingerprint density at radius 3 is 2.87 bits per heavy atom. The maximum Gasteiger partial charge on any atom is 0.224 e. The molecule has 2 aliphatic heterocycles. The van der Waals surface area contributed by atoms with Gasteiger partial charge in [-0.3, -0.25) is 4.79 Å². The molecule has 2 aromatic rings. The smallest absolute Gasteiger partial charge is 0.224 e. The van der Waals surface area contributed by atoms with Crippen LogP contribution in [-0.2, 0) is 17.8 Å². The lowest BCUT2D eigenvalue weighted by molar-refractivity contribution is -0.132. The van der Waals surface area contributed by atoms with Gasteiger partial charge >= 0.3 is 0 Å². The molecule has 3 nitrogen and oxygen atoms in total. The van der Waals surface area contributed by atoms with E-state index in [-0.39, 0.29) is 11.3 Å². The molecule has 1 unspecified atom stereocenters. The van der Waals surface area contributed by atoms with Crippen molar-refractivity contribution in [1.82, 2.24) is 4.90 Å². The van der Waals surface area contributed by atoms with Gasteiger partial charge in [0.05, 0.1) is 6.61 Å². The Bertz CT molecular complexity index is 717. The van der Waals surface area contributed by atoms with E-state index in [0.29, 0.717) is 13.0 Å². The van der Waals surface area contributed by atoms with E-state index < -0.39 is 0 Å². The van der Waals surface area contributed by atoms with E-state index in [1.165, 1.54) is 16.7 Å². The molecule has 0 spiro atoms. The molecule has 118 valence electrons.